The fourth-order valence-corrected chi connectivity index (χ4v) is 1.45. The molecule has 0 rings (SSSR count). The second kappa shape index (κ2) is 7.89. The molecule has 0 saturated carbocycles. The number of hydrogen-bond acceptors (Lipinski definition) is 3. The molecule has 1 unspecified atom stereocenters. The van der Waals surface area contributed by atoms with Crippen molar-refractivity contribution < 1.29 is 19.8 Å². The summed E-state index contributed by atoms with van der Waals surface area (Å²) in [7, 11) is 1.63. The molecule has 6 nitrogen and oxygen atoms in total. The van der Waals surface area contributed by atoms with E-state index in [1.54, 1.807) is 7.05 Å². The summed E-state index contributed by atoms with van der Waals surface area (Å²) in [4.78, 5) is 24.0. The van der Waals surface area contributed by atoms with E-state index in [-0.39, 0.29) is 19.1 Å². The minimum absolute atomic E-state index is 0.0110. The van der Waals surface area contributed by atoms with Crippen molar-refractivity contribution in [2.75, 3.05) is 13.7 Å². The molecule has 2 atom stereocenters. The third-order valence-corrected chi connectivity index (χ3v) is 2.70. The van der Waals surface area contributed by atoms with Crippen LogP contribution in [0.1, 0.15) is 33.1 Å². The molecule has 0 aliphatic heterocycles. The van der Waals surface area contributed by atoms with Gasteiger partial charge in [-0.05, 0) is 13.3 Å². The summed E-state index contributed by atoms with van der Waals surface area (Å²) in [6.07, 6.45) is 1.83. The molecule has 2 amide bonds. The zero-order valence-corrected chi connectivity index (χ0v) is 10.6. The highest BCUT2D eigenvalue weighted by Crippen LogP contribution is 2.04. The molecule has 0 aromatic carbocycles. The Morgan fingerprint density at radius 3 is 2.35 bits per heavy atom. The van der Waals surface area contributed by atoms with Crippen molar-refractivity contribution in [1.82, 2.24) is 10.2 Å². The first-order valence-electron chi connectivity index (χ1n) is 5.81. The molecule has 100 valence electrons. The van der Waals surface area contributed by atoms with Crippen molar-refractivity contribution in [1.29, 1.82) is 0 Å². The maximum Gasteiger partial charge on any atom is 0.326 e. The van der Waals surface area contributed by atoms with E-state index in [0.29, 0.717) is 0 Å². The van der Waals surface area contributed by atoms with E-state index in [1.165, 1.54) is 4.90 Å². The molecular weight excluding hydrogens is 224 g/mol. The molecule has 0 spiro atoms. The largest absolute Gasteiger partial charge is 0.480 e. The highest BCUT2D eigenvalue weighted by atomic mass is 16.4. The van der Waals surface area contributed by atoms with Gasteiger partial charge in [-0.15, -0.1) is 0 Å². The van der Waals surface area contributed by atoms with Crippen LogP contribution in [0.15, 0.2) is 0 Å². The zero-order chi connectivity index (χ0) is 13.4. The van der Waals surface area contributed by atoms with E-state index in [4.69, 9.17) is 10.2 Å². The molecule has 0 aromatic heterocycles. The Hall–Kier alpha value is -1.30. The molecule has 0 radical (unpaired) electrons. The normalized spacial score (nSPS) is 13.9. The monoisotopic (exact) mass is 246 g/mol. The van der Waals surface area contributed by atoms with Crippen LogP contribution in [0, 0.1) is 0 Å². The molecule has 0 saturated heterocycles. The first-order chi connectivity index (χ1) is 7.93. The van der Waals surface area contributed by atoms with Crippen molar-refractivity contribution in [3.05, 3.63) is 0 Å². The molecule has 0 aliphatic carbocycles. The van der Waals surface area contributed by atoms with Gasteiger partial charge in [0.05, 0.1) is 0 Å². The number of nitrogens with one attached hydrogen (secondary N) is 1. The first kappa shape index (κ1) is 15.7. The number of urea groups is 1. The third-order valence-electron chi connectivity index (χ3n) is 2.70. The van der Waals surface area contributed by atoms with E-state index in [9.17, 15) is 9.59 Å². The highest BCUT2D eigenvalue weighted by molar-refractivity contribution is 5.82. The van der Waals surface area contributed by atoms with Crippen LogP contribution in [0.4, 0.5) is 4.79 Å². The minimum atomic E-state index is -1.14. The van der Waals surface area contributed by atoms with E-state index >= 15 is 0 Å². The average molecular weight is 246 g/mol. The second-order valence-electron chi connectivity index (χ2n) is 4.10. The number of rotatable bonds is 7. The summed E-state index contributed by atoms with van der Waals surface area (Å²) in [5.74, 6) is -1.14. The summed E-state index contributed by atoms with van der Waals surface area (Å²) in [6.45, 7) is 3.66. The topological polar surface area (TPSA) is 89.9 Å². The number of aliphatic carboxylic acids is 1. The van der Waals surface area contributed by atoms with Gasteiger partial charge in [0.15, 0.2) is 0 Å². The molecular formula is C11H22N2O4. The van der Waals surface area contributed by atoms with Gasteiger partial charge in [-0.25, -0.2) is 9.59 Å². The van der Waals surface area contributed by atoms with Crippen molar-refractivity contribution >= 4 is 12.0 Å². The maximum atomic E-state index is 11.7. The number of carbonyl (C=O) groups excluding carboxylic acids is 1. The maximum absolute atomic E-state index is 11.7. The van der Waals surface area contributed by atoms with Gasteiger partial charge in [-0.1, -0.05) is 13.3 Å². The van der Waals surface area contributed by atoms with Gasteiger partial charge in [-0.3, -0.25) is 0 Å². The average Bonchev–Trinajstić information content (AvgIpc) is 2.27. The van der Waals surface area contributed by atoms with Gasteiger partial charge in [0.25, 0.3) is 0 Å². The second-order valence-corrected chi connectivity index (χ2v) is 4.10. The lowest BCUT2D eigenvalue weighted by Gasteiger charge is -2.26. The Morgan fingerprint density at radius 1 is 1.35 bits per heavy atom. The Bertz CT molecular complexity index is 258. The van der Waals surface area contributed by atoms with Crippen molar-refractivity contribution in [3.63, 3.8) is 0 Å². The van der Waals surface area contributed by atoms with Crippen LogP contribution < -0.4 is 5.32 Å². The molecule has 0 aromatic rings. The zero-order valence-electron chi connectivity index (χ0n) is 10.6. The van der Waals surface area contributed by atoms with Crippen LogP contribution in [0.5, 0.6) is 0 Å². The molecule has 17 heavy (non-hydrogen) atoms. The fourth-order valence-electron chi connectivity index (χ4n) is 1.45. The summed E-state index contributed by atoms with van der Waals surface area (Å²) in [6, 6.07) is -1.40. The Kier molecular flexibility index (Phi) is 7.29. The van der Waals surface area contributed by atoms with E-state index in [1.807, 2.05) is 13.8 Å². The lowest BCUT2D eigenvalue weighted by molar-refractivity contribution is -0.139. The number of amides is 2. The van der Waals surface area contributed by atoms with Gasteiger partial charge in [0.1, 0.15) is 6.04 Å². The summed E-state index contributed by atoms with van der Waals surface area (Å²) in [5.41, 5.74) is 0. The number of nitrogens with zero attached hydrogens (tertiary/aromatic N) is 1. The van der Waals surface area contributed by atoms with Crippen LogP contribution >= 0.6 is 0 Å². The van der Waals surface area contributed by atoms with Crippen LogP contribution in [-0.4, -0.2) is 52.9 Å². The molecule has 0 fully saturated rings. The Labute approximate surface area is 102 Å². The molecule has 3 N–H and O–H groups in total. The van der Waals surface area contributed by atoms with Crippen molar-refractivity contribution in [2.24, 2.45) is 0 Å². The van der Waals surface area contributed by atoms with Crippen molar-refractivity contribution in [3.8, 4) is 0 Å². The van der Waals surface area contributed by atoms with Crippen LogP contribution in [0.2, 0.25) is 0 Å². The third kappa shape index (κ3) is 5.53. The molecule has 6 heteroatoms. The van der Waals surface area contributed by atoms with E-state index in [0.717, 1.165) is 12.8 Å². The highest BCUT2D eigenvalue weighted by Gasteiger charge is 2.22. The number of aliphatic hydroxyl groups excluding tert-OH is 1. The van der Waals surface area contributed by atoms with Gasteiger partial charge >= 0.3 is 12.0 Å². The molecule has 0 heterocycles. The van der Waals surface area contributed by atoms with Crippen molar-refractivity contribution in [2.45, 2.75) is 45.2 Å². The van der Waals surface area contributed by atoms with E-state index < -0.39 is 18.0 Å². The Morgan fingerprint density at radius 2 is 1.94 bits per heavy atom. The number of carboxylic acids is 1. The number of aliphatic hydroxyl groups is 1. The van der Waals surface area contributed by atoms with Gasteiger partial charge < -0.3 is 20.4 Å². The summed E-state index contributed by atoms with van der Waals surface area (Å²) < 4.78 is 0. The fraction of sp³-hybridized carbons (Fsp3) is 0.818. The van der Waals surface area contributed by atoms with Gasteiger partial charge in [0, 0.05) is 26.1 Å². The summed E-state index contributed by atoms with van der Waals surface area (Å²) >= 11 is 0. The number of carbonyl (C=O) groups is 2. The molecule has 0 aliphatic rings. The smallest absolute Gasteiger partial charge is 0.326 e. The minimum Gasteiger partial charge on any atom is -0.480 e. The number of carboxylic acid groups (broad SMARTS) is 1. The lowest BCUT2D eigenvalue weighted by Crippen LogP contribution is -2.49. The Balaban J connectivity index is 4.34. The van der Waals surface area contributed by atoms with Crippen LogP contribution in [0.25, 0.3) is 0 Å². The van der Waals surface area contributed by atoms with Crippen LogP contribution in [-0.2, 0) is 4.79 Å². The van der Waals surface area contributed by atoms with Gasteiger partial charge in [-0.2, -0.15) is 0 Å². The predicted octanol–water partition coefficient (Wildman–Crippen LogP) is 0.652. The lowest BCUT2D eigenvalue weighted by atomic mass is 10.2. The molecule has 0 bridgehead atoms. The van der Waals surface area contributed by atoms with E-state index in [2.05, 4.69) is 5.32 Å². The SMILES string of the molecule is CCCC(C)N(C)C(=O)N[C@@H](CCO)C(=O)O. The standard InChI is InChI=1S/C11H22N2O4/c1-4-5-8(2)13(3)11(17)12-9(6-7-14)10(15)16/h8-9,14H,4-7H2,1-3H3,(H,12,17)(H,15,16)/t8?,9-/m0/s1. The van der Waals surface area contributed by atoms with Crippen LogP contribution in [0.3, 0.4) is 0 Å². The predicted molar refractivity (Wildman–Crippen MR) is 63.8 cm³/mol. The quantitative estimate of drug-likeness (QED) is 0.615. The first-order valence-corrected chi connectivity index (χ1v) is 5.81. The van der Waals surface area contributed by atoms with Gasteiger partial charge in [0.2, 0.25) is 0 Å². The summed E-state index contributed by atoms with van der Waals surface area (Å²) in [5, 5.41) is 19.9. The number of hydrogen-bond donors (Lipinski definition) is 3.